The molecule has 2 N–H and O–H groups in total. The number of hydrogen-bond acceptors (Lipinski definition) is 2. The van der Waals surface area contributed by atoms with Gasteiger partial charge in [-0.05, 0) is 55.2 Å². The van der Waals surface area contributed by atoms with Crippen molar-refractivity contribution in [2.24, 2.45) is 17.8 Å². The van der Waals surface area contributed by atoms with Gasteiger partial charge in [0.15, 0.2) is 0 Å². The maximum Gasteiger partial charge on any atom is 0.228 e. The van der Waals surface area contributed by atoms with Crippen molar-refractivity contribution in [3.8, 4) is 0 Å². The second-order valence-electron chi connectivity index (χ2n) is 6.15. The van der Waals surface area contributed by atoms with E-state index in [1.807, 2.05) is 24.3 Å². The monoisotopic (exact) mass is 273 g/mol. The van der Waals surface area contributed by atoms with Crippen molar-refractivity contribution in [3.63, 3.8) is 0 Å². The Labute approximate surface area is 120 Å². The molecular weight excluding hydrogens is 250 g/mol. The van der Waals surface area contributed by atoms with Crippen LogP contribution in [0.3, 0.4) is 0 Å². The fourth-order valence-corrected chi connectivity index (χ4v) is 3.69. The first-order chi connectivity index (χ1) is 9.79. The van der Waals surface area contributed by atoms with Crippen molar-refractivity contribution in [3.05, 3.63) is 29.8 Å². The molecule has 2 aliphatic rings. The van der Waals surface area contributed by atoms with Crippen LogP contribution in [0.4, 0.5) is 5.69 Å². The van der Waals surface area contributed by atoms with Gasteiger partial charge >= 0.3 is 0 Å². The van der Waals surface area contributed by atoms with E-state index >= 15 is 0 Å². The largest absolute Gasteiger partial charge is 0.396 e. The van der Waals surface area contributed by atoms with Gasteiger partial charge in [-0.2, -0.15) is 0 Å². The van der Waals surface area contributed by atoms with Crippen LogP contribution in [0.15, 0.2) is 24.3 Å². The number of nitrogens with one attached hydrogen (secondary N) is 1. The van der Waals surface area contributed by atoms with Crippen molar-refractivity contribution >= 4 is 11.6 Å². The molecule has 0 radical (unpaired) electrons. The highest BCUT2D eigenvalue weighted by molar-refractivity contribution is 5.95. The Balaban J connectivity index is 1.58. The highest BCUT2D eigenvalue weighted by Crippen LogP contribution is 2.55. The lowest BCUT2D eigenvalue weighted by Crippen LogP contribution is -2.15. The topological polar surface area (TPSA) is 49.3 Å². The summed E-state index contributed by atoms with van der Waals surface area (Å²) in [5.41, 5.74) is 2.07. The van der Waals surface area contributed by atoms with Crippen LogP contribution in [-0.4, -0.2) is 17.6 Å². The van der Waals surface area contributed by atoms with Gasteiger partial charge in [0.1, 0.15) is 0 Å². The molecule has 1 amide bonds. The standard InChI is InChI=1S/C17H23NO2/c19-10-4-6-12-5-3-7-13(11-12)18-17(20)16-14-8-1-2-9-15(14)16/h3,5,7,11,14-16,19H,1-2,4,6,8-10H2,(H,18,20). The van der Waals surface area contributed by atoms with Crippen LogP contribution in [0.2, 0.25) is 0 Å². The lowest BCUT2D eigenvalue weighted by Gasteiger charge is -2.07. The molecule has 2 fully saturated rings. The van der Waals surface area contributed by atoms with Crippen molar-refractivity contribution in [2.75, 3.05) is 11.9 Å². The summed E-state index contributed by atoms with van der Waals surface area (Å²) in [6.07, 6.45) is 6.68. The molecule has 0 bridgehead atoms. The first-order valence-corrected chi connectivity index (χ1v) is 7.80. The molecule has 2 atom stereocenters. The van der Waals surface area contributed by atoms with Crippen LogP contribution in [0, 0.1) is 17.8 Å². The maximum atomic E-state index is 12.3. The van der Waals surface area contributed by atoms with Gasteiger partial charge < -0.3 is 10.4 Å². The average Bonchev–Trinajstić information content (AvgIpc) is 3.20. The van der Waals surface area contributed by atoms with E-state index in [0.29, 0.717) is 11.8 Å². The molecule has 1 aromatic rings. The van der Waals surface area contributed by atoms with Gasteiger partial charge in [0, 0.05) is 18.2 Å². The number of rotatable bonds is 5. The van der Waals surface area contributed by atoms with Crippen LogP contribution in [-0.2, 0) is 11.2 Å². The summed E-state index contributed by atoms with van der Waals surface area (Å²) < 4.78 is 0. The number of benzene rings is 1. The van der Waals surface area contributed by atoms with Crippen LogP contribution in [0.5, 0.6) is 0 Å². The van der Waals surface area contributed by atoms with Crippen molar-refractivity contribution < 1.29 is 9.90 Å². The van der Waals surface area contributed by atoms with E-state index in [1.54, 1.807) is 0 Å². The molecule has 2 saturated carbocycles. The van der Waals surface area contributed by atoms with E-state index in [9.17, 15) is 4.79 Å². The van der Waals surface area contributed by atoms with E-state index in [1.165, 1.54) is 31.2 Å². The lowest BCUT2D eigenvalue weighted by atomic mass is 10.0. The fraction of sp³-hybridized carbons (Fsp3) is 0.588. The summed E-state index contributed by atoms with van der Waals surface area (Å²) in [6.45, 7) is 0.210. The van der Waals surface area contributed by atoms with Crippen molar-refractivity contribution in [1.29, 1.82) is 0 Å². The van der Waals surface area contributed by atoms with Crippen LogP contribution in [0.25, 0.3) is 0 Å². The minimum Gasteiger partial charge on any atom is -0.396 e. The molecule has 108 valence electrons. The fourth-order valence-electron chi connectivity index (χ4n) is 3.69. The molecule has 3 nitrogen and oxygen atoms in total. The lowest BCUT2D eigenvalue weighted by molar-refractivity contribution is -0.117. The summed E-state index contributed by atoms with van der Waals surface area (Å²) in [5.74, 6) is 1.78. The highest BCUT2D eigenvalue weighted by Gasteiger charge is 2.54. The van der Waals surface area contributed by atoms with Gasteiger partial charge in [0.2, 0.25) is 5.91 Å². The van der Waals surface area contributed by atoms with Crippen molar-refractivity contribution in [1.82, 2.24) is 0 Å². The minimum atomic E-state index is 0.209. The predicted octanol–water partition coefficient (Wildman–Crippen LogP) is 2.99. The summed E-state index contributed by atoms with van der Waals surface area (Å²) in [5, 5.41) is 11.9. The quantitative estimate of drug-likeness (QED) is 0.866. The zero-order valence-corrected chi connectivity index (χ0v) is 11.8. The summed E-state index contributed by atoms with van der Waals surface area (Å²) >= 11 is 0. The molecule has 2 unspecified atom stereocenters. The first kappa shape index (κ1) is 13.6. The highest BCUT2D eigenvalue weighted by atomic mass is 16.2. The number of amides is 1. The van der Waals surface area contributed by atoms with E-state index < -0.39 is 0 Å². The Bertz CT molecular complexity index is 474. The summed E-state index contributed by atoms with van der Waals surface area (Å²) in [7, 11) is 0. The molecule has 1 aromatic carbocycles. The average molecular weight is 273 g/mol. The van der Waals surface area contributed by atoms with Gasteiger partial charge in [-0.25, -0.2) is 0 Å². The molecule has 3 rings (SSSR count). The van der Waals surface area contributed by atoms with E-state index in [-0.39, 0.29) is 18.4 Å². The molecule has 2 aliphatic carbocycles. The Morgan fingerprint density at radius 1 is 1.25 bits per heavy atom. The van der Waals surface area contributed by atoms with Crippen LogP contribution >= 0.6 is 0 Å². The predicted molar refractivity (Wildman–Crippen MR) is 79.4 cm³/mol. The molecule has 20 heavy (non-hydrogen) atoms. The van der Waals surface area contributed by atoms with Crippen LogP contribution < -0.4 is 5.32 Å². The number of aliphatic hydroxyl groups is 1. The molecular formula is C17H23NO2. The Kier molecular flexibility index (Phi) is 4.06. The zero-order chi connectivity index (χ0) is 13.9. The van der Waals surface area contributed by atoms with Crippen LogP contribution in [0.1, 0.15) is 37.7 Å². The Morgan fingerprint density at radius 2 is 2.00 bits per heavy atom. The van der Waals surface area contributed by atoms with Gasteiger partial charge in [-0.3, -0.25) is 4.79 Å². The second-order valence-corrected chi connectivity index (χ2v) is 6.15. The number of aliphatic hydroxyl groups excluding tert-OH is 1. The summed E-state index contributed by atoms with van der Waals surface area (Å²) in [4.78, 5) is 12.3. The SMILES string of the molecule is O=C(Nc1cccc(CCCO)c1)C1C2CCCCC21. The third-order valence-electron chi connectivity index (χ3n) is 4.78. The number of aryl methyl sites for hydroxylation is 1. The number of fused-ring (bicyclic) bond motifs is 1. The minimum absolute atomic E-state index is 0.209. The number of carbonyl (C=O) groups is 1. The maximum absolute atomic E-state index is 12.3. The number of carbonyl (C=O) groups excluding carboxylic acids is 1. The third kappa shape index (κ3) is 2.88. The Morgan fingerprint density at radius 3 is 2.70 bits per heavy atom. The normalized spacial score (nSPS) is 27.8. The first-order valence-electron chi connectivity index (χ1n) is 7.80. The van der Waals surface area contributed by atoms with Gasteiger partial charge in [0.25, 0.3) is 0 Å². The number of anilines is 1. The molecule has 0 heterocycles. The van der Waals surface area contributed by atoms with E-state index in [4.69, 9.17) is 5.11 Å². The zero-order valence-electron chi connectivity index (χ0n) is 11.8. The van der Waals surface area contributed by atoms with Gasteiger partial charge in [-0.1, -0.05) is 25.0 Å². The summed E-state index contributed by atoms with van der Waals surface area (Å²) in [6, 6.07) is 8.00. The number of hydrogen-bond donors (Lipinski definition) is 2. The van der Waals surface area contributed by atoms with E-state index in [2.05, 4.69) is 5.32 Å². The molecule has 3 heteroatoms. The Hall–Kier alpha value is -1.35. The molecule has 0 saturated heterocycles. The van der Waals surface area contributed by atoms with Gasteiger partial charge in [-0.15, -0.1) is 0 Å². The van der Waals surface area contributed by atoms with E-state index in [0.717, 1.165) is 18.5 Å². The second kappa shape index (κ2) is 5.96. The molecule has 0 aromatic heterocycles. The molecule has 0 spiro atoms. The van der Waals surface area contributed by atoms with Gasteiger partial charge in [0.05, 0.1) is 0 Å². The molecule has 0 aliphatic heterocycles. The smallest absolute Gasteiger partial charge is 0.228 e. The van der Waals surface area contributed by atoms with Crippen molar-refractivity contribution in [2.45, 2.75) is 38.5 Å². The third-order valence-corrected chi connectivity index (χ3v) is 4.78.